The Bertz CT molecular complexity index is 706. The Labute approximate surface area is 168 Å². The molecule has 2 atom stereocenters. The van der Waals surface area contributed by atoms with Gasteiger partial charge in [0.1, 0.15) is 5.54 Å². The Kier molecular flexibility index (Phi) is 7.45. The smallest absolute Gasteiger partial charge is 0.251 e. The van der Waals surface area contributed by atoms with Crippen LogP contribution in [0.15, 0.2) is 18.2 Å². The highest BCUT2D eigenvalue weighted by atomic mass is 35.5. The van der Waals surface area contributed by atoms with Gasteiger partial charge in [0.2, 0.25) is 5.91 Å². The van der Waals surface area contributed by atoms with Gasteiger partial charge in [-0.05, 0) is 45.4 Å². The molecule has 1 aromatic carbocycles. The van der Waals surface area contributed by atoms with E-state index in [0.29, 0.717) is 24.3 Å². The van der Waals surface area contributed by atoms with Gasteiger partial charge in [0.05, 0.1) is 6.10 Å². The van der Waals surface area contributed by atoms with E-state index in [-0.39, 0.29) is 36.4 Å². The monoisotopic (exact) mass is 397 g/mol. The molecule has 0 heterocycles. The van der Waals surface area contributed by atoms with E-state index in [0.717, 1.165) is 5.56 Å². The molecule has 0 aromatic heterocycles. The van der Waals surface area contributed by atoms with Gasteiger partial charge >= 0.3 is 0 Å². The van der Waals surface area contributed by atoms with E-state index >= 15 is 0 Å². The summed E-state index contributed by atoms with van der Waals surface area (Å²) in [7, 11) is 0. The van der Waals surface area contributed by atoms with Crippen LogP contribution in [-0.4, -0.2) is 36.1 Å². The first kappa shape index (κ1) is 23.4. The summed E-state index contributed by atoms with van der Waals surface area (Å²) in [4.78, 5) is 25.2. The molecule has 6 nitrogen and oxygen atoms in total. The maximum absolute atomic E-state index is 12.8. The van der Waals surface area contributed by atoms with Crippen molar-refractivity contribution in [1.29, 1.82) is 0 Å². The summed E-state index contributed by atoms with van der Waals surface area (Å²) in [5.41, 5.74) is 6.91. The third kappa shape index (κ3) is 4.45. The zero-order valence-corrected chi connectivity index (χ0v) is 17.8. The van der Waals surface area contributed by atoms with Crippen LogP contribution in [0, 0.1) is 12.3 Å². The van der Waals surface area contributed by atoms with Gasteiger partial charge in [0.15, 0.2) is 0 Å². The number of carbonyl (C=O) groups is 2. The molecule has 7 heteroatoms. The van der Waals surface area contributed by atoms with Gasteiger partial charge in [-0.15, -0.1) is 12.4 Å². The van der Waals surface area contributed by atoms with Crippen molar-refractivity contribution < 1.29 is 14.3 Å². The molecule has 0 saturated heterocycles. The second-order valence-corrected chi connectivity index (χ2v) is 7.95. The van der Waals surface area contributed by atoms with Crippen LogP contribution in [0.2, 0.25) is 0 Å². The molecule has 0 aliphatic heterocycles. The maximum atomic E-state index is 12.8. The van der Waals surface area contributed by atoms with E-state index in [9.17, 15) is 9.59 Å². The Morgan fingerprint density at radius 1 is 1.33 bits per heavy atom. The molecule has 1 fully saturated rings. The van der Waals surface area contributed by atoms with E-state index in [1.807, 2.05) is 47.6 Å². The number of anilines is 1. The molecule has 2 unspecified atom stereocenters. The number of hydrogen-bond acceptors (Lipinski definition) is 4. The Balaban J connectivity index is 0.00000364. The maximum Gasteiger partial charge on any atom is 0.251 e. The van der Waals surface area contributed by atoms with Crippen molar-refractivity contribution in [2.24, 2.45) is 11.1 Å². The van der Waals surface area contributed by atoms with Crippen molar-refractivity contribution in [3.05, 3.63) is 29.3 Å². The zero-order valence-electron chi connectivity index (χ0n) is 17.0. The number of nitrogens with two attached hydrogens (primary N) is 1. The van der Waals surface area contributed by atoms with E-state index in [4.69, 9.17) is 10.5 Å². The minimum atomic E-state index is -1.00. The molecule has 1 aliphatic carbocycles. The van der Waals surface area contributed by atoms with E-state index in [1.165, 1.54) is 0 Å². The lowest BCUT2D eigenvalue weighted by atomic mass is 9.54. The first-order chi connectivity index (χ1) is 12.0. The predicted octanol–water partition coefficient (Wildman–Crippen LogP) is 3.03. The van der Waals surface area contributed by atoms with Crippen LogP contribution < -0.4 is 16.4 Å². The second kappa shape index (κ2) is 8.59. The van der Waals surface area contributed by atoms with Crippen LogP contribution in [0.4, 0.5) is 5.69 Å². The summed E-state index contributed by atoms with van der Waals surface area (Å²) in [6.07, 6.45) is 0.445. The highest BCUT2D eigenvalue weighted by Gasteiger charge is 2.62. The standard InChI is InChI=1S/C20H31N3O3.ClH/c1-7-26-16-11-20(21,19(16,5)6)18(25)23-14-9-8-13(4)15(10-14)17(24)22-12(2)3;/h8-10,12,16H,7,11,21H2,1-6H3,(H,22,24)(H,23,25);1H. The van der Waals surface area contributed by atoms with Gasteiger partial charge in [0, 0.05) is 35.7 Å². The lowest BCUT2D eigenvalue weighted by Crippen LogP contribution is -2.74. The largest absolute Gasteiger partial charge is 0.378 e. The van der Waals surface area contributed by atoms with E-state index in [1.54, 1.807) is 12.1 Å². The molecular weight excluding hydrogens is 366 g/mol. The first-order valence-electron chi connectivity index (χ1n) is 9.16. The van der Waals surface area contributed by atoms with E-state index in [2.05, 4.69) is 10.6 Å². The fourth-order valence-electron chi connectivity index (χ4n) is 3.35. The fraction of sp³-hybridized carbons (Fsp3) is 0.600. The molecule has 152 valence electrons. The van der Waals surface area contributed by atoms with Crippen molar-refractivity contribution >= 4 is 29.9 Å². The molecule has 1 saturated carbocycles. The van der Waals surface area contributed by atoms with Crippen LogP contribution in [0.1, 0.15) is 57.0 Å². The number of carbonyl (C=O) groups excluding carboxylic acids is 2. The third-order valence-corrected chi connectivity index (χ3v) is 5.39. The Morgan fingerprint density at radius 3 is 2.48 bits per heavy atom. The van der Waals surface area contributed by atoms with Crippen LogP contribution in [0.25, 0.3) is 0 Å². The van der Waals surface area contributed by atoms with E-state index < -0.39 is 11.0 Å². The number of halogens is 1. The number of rotatable bonds is 6. The fourth-order valence-corrected chi connectivity index (χ4v) is 3.35. The van der Waals surface area contributed by atoms with Gasteiger partial charge in [-0.25, -0.2) is 0 Å². The predicted molar refractivity (Wildman–Crippen MR) is 110 cm³/mol. The molecular formula is C20H32ClN3O3. The molecule has 1 aromatic rings. The minimum Gasteiger partial charge on any atom is -0.378 e. The van der Waals surface area contributed by atoms with Crippen molar-refractivity contribution in [2.75, 3.05) is 11.9 Å². The Morgan fingerprint density at radius 2 is 1.96 bits per heavy atom. The normalized spacial score (nSPS) is 23.2. The molecule has 1 aliphatic rings. The van der Waals surface area contributed by atoms with Crippen LogP contribution in [0.5, 0.6) is 0 Å². The topological polar surface area (TPSA) is 93.4 Å². The quantitative estimate of drug-likeness (QED) is 0.687. The van der Waals surface area contributed by atoms with Crippen molar-refractivity contribution in [3.8, 4) is 0 Å². The van der Waals surface area contributed by atoms with Crippen LogP contribution in [-0.2, 0) is 9.53 Å². The lowest BCUT2D eigenvalue weighted by Gasteiger charge is -2.57. The molecule has 4 N–H and O–H groups in total. The molecule has 2 rings (SSSR count). The first-order valence-corrected chi connectivity index (χ1v) is 9.16. The number of amides is 2. The summed E-state index contributed by atoms with van der Waals surface area (Å²) in [5.74, 6) is -0.408. The number of nitrogens with one attached hydrogen (secondary N) is 2. The number of benzene rings is 1. The summed E-state index contributed by atoms with van der Waals surface area (Å²) in [6.45, 7) is 12.1. The zero-order chi connectivity index (χ0) is 19.7. The molecule has 0 bridgehead atoms. The highest BCUT2D eigenvalue weighted by Crippen LogP contribution is 2.50. The second-order valence-electron chi connectivity index (χ2n) is 7.95. The molecule has 0 spiro atoms. The van der Waals surface area contributed by atoms with Gasteiger partial charge in [0.25, 0.3) is 5.91 Å². The number of ether oxygens (including phenoxy) is 1. The Hall–Kier alpha value is -1.63. The average Bonchev–Trinajstić information content (AvgIpc) is 2.55. The minimum absolute atomic E-state index is 0. The lowest BCUT2D eigenvalue weighted by molar-refractivity contribution is -0.166. The van der Waals surface area contributed by atoms with Gasteiger partial charge in [-0.1, -0.05) is 19.9 Å². The summed E-state index contributed by atoms with van der Waals surface area (Å²) >= 11 is 0. The average molecular weight is 398 g/mol. The summed E-state index contributed by atoms with van der Waals surface area (Å²) < 4.78 is 5.68. The van der Waals surface area contributed by atoms with Crippen LogP contribution in [0.3, 0.4) is 0 Å². The molecule has 27 heavy (non-hydrogen) atoms. The molecule has 2 amide bonds. The summed E-state index contributed by atoms with van der Waals surface area (Å²) in [6, 6.07) is 5.34. The third-order valence-electron chi connectivity index (χ3n) is 5.39. The van der Waals surface area contributed by atoms with Crippen LogP contribution >= 0.6 is 12.4 Å². The summed E-state index contributed by atoms with van der Waals surface area (Å²) in [5, 5.41) is 5.75. The highest BCUT2D eigenvalue weighted by molar-refractivity contribution is 6.02. The SMILES string of the molecule is CCOC1CC(N)(C(=O)Nc2ccc(C)c(C(=O)NC(C)C)c2)C1(C)C.Cl. The van der Waals surface area contributed by atoms with Crippen molar-refractivity contribution in [3.63, 3.8) is 0 Å². The number of hydrogen-bond donors (Lipinski definition) is 3. The van der Waals surface area contributed by atoms with Gasteiger partial charge < -0.3 is 21.1 Å². The van der Waals surface area contributed by atoms with Crippen molar-refractivity contribution in [1.82, 2.24) is 5.32 Å². The van der Waals surface area contributed by atoms with Crippen molar-refractivity contribution in [2.45, 2.75) is 65.6 Å². The molecule has 0 radical (unpaired) electrons. The number of aryl methyl sites for hydroxylation is 1. The van der Waals surface area contributed by atoms with Gasteiger partial charge in [-0.2, -0.15) is 0 Å². The van der Waals surface area contributed by atoms with Gasteiger partial charge in [-0.3, -0.25) is 9.59 Å².